The number of aromatic amines is 1. The summed E-state index contributed by atoms with van der Waals surface area (Å²) in [6.07, 6.45) is 1.36. The Morgan fingerprint density at radius 3 is 2.45 bits per heavy atom. The first kappa shape index (κ1) is 20.9. The van der Waals surface area contributed by atoms with Gasteiger partial charge in [0.1, 0.15) is 6.33 Å². The van der Waals surface area contributed by atoms with Gasteiger partial charge < -0.3 is 0 Å². The van der Waals surface area contributed by atoms with E-state index in [2.05, 4.69) is 69.9 Å². The Hall–Kier alpha value is -3.97. The molecule has 3 aromatic carbocycles. The minimum absolute atomic E-state index is 0.168. The number of benzene rings is 3. The van der Waals surface area contributed by atoms with Crippen molar-refractivity contribution < 1.29 is 4.79 Å². The predicted molar refractivity (Wildman–Crippen MR) is 133 cm³/mol. The first-order valence-corrected chi connectivity index (χ1v) is 11.5. The van der Waals surface area contributed by atoms with Crippen LogP contribution in [-0.2, 0) is 4.79 Å². The summed E-state index contributed by atoms with van der Waals surface area (Å²) in [5, 5.41) is 10.2. The minimum Gasteiger partial charge on any atom is -0.294 e. The SMILES string of the molecule is Cc1ccc(-c2nc3ccccc3c(-c3ccccc3)c2SCC(=O)Nc2ncn[nH]2)cc1. The number of aryl methyl sites for hydroxylation is 1. The van der Waals surface area contributed by atoms with Crippen LogP contribution in [0.3, 0.4) is 0 Å². The third-order valence-electron chi connectivity index (χ3n) is 5.26. The molecule has 0 bridgehead atoms. The van der Waals surface area contributed by atoms with Gasteiger partial charge in [0.15, 0.2) is 0 Å². The number of carbonyl (C=O) groups excluding carboxylic acids is 1. The summed E-state index contributed by atoms with van der Waals surface area (Å²) in [5.41, 5.74) is 6.15. The molecule has 5 aromatic rings. The largest absolute Gasteiger partial charge is 0.294 e. The van der Waals surface area contributed by atoms with E-state index in [1.54, 1.807) is 0 Å². The molecule has 2 heterocycles. The predicted octanol–water partition coefficient (Wildman–Crippen LogP) is 5.73. The van der Waals surface area contributed by atoms with Gasteiger partial charge in [0.05, 0.1) is 17.0 Å². The number of carbonyl (C=O) groups is 1. The molecule has 33 heavy (non-hydrogen) atoms. The van der Waals surface area contributed by atoms with Gasteiger partial charge >= 0.3 is 0 Å². The van der Waals surface area contributed by atoms with Gasteiger partial charge in [-0.25, -0.2) is 10.1 Å². The number of hydrogen-bond acceptors (Lipinski definition) is 5. The van der Waals surface area contributed by atoms with Gasteiger partial charge in [-0.2, -0.15) is 10.1 Å². The second-order valence-corrected chi connectivity index (χ2v) is 8.57. The van der Waals surface area contributed by atoms with Gasteiger partial charge in [-0.15, -0.1) is 11.8 Å². The van der Waals surface area contributed by atoms with Gasteiger partial charge in [-0.1, -0.05) is 78.4 Å². The summed E-state index contributed by atoms with van der Waals surface area (Å²) in [5.74, 6) is 0.373. The Kier molecular flexibility index (Phi) is 5.87. The Labute approximate surface area is 195 Å². The Morgan fingerprint density at radius 2 is 1.70 bits per heavy atom. The van der Waals surface area contributed by atoms with Crippen molar-refractivity contribution in [3.05, 3.63) is 90.8 Å². The van der Waals surface area contributed by atoms with Crippen LogP contribution in [0.4, 0.5) is 5.95 Å². The molecule has 0 aliphatic rings. The molecule has 2 N–H and O–H groups in total. The van der Waals surface area contributed by atoms with Crippen molar-refractivity contribution >= 4 is 34.5 Å². The van der Waals surface area contributed by atoms with Crippen molar-refractivity contribution in [2.24, 2.45) is 0 Å². The fraction of sp³-hybridized carbons (Fsp3) is 0.0769. The monoisotopic (exact) mass is 451 g/mol. The summed E-state index contributed by atoms with van der Waals surface area (Å²) >= 11 is 1.48. The molecule has 0 fully saturated rings. The van der Waals surface area contributed by atoms with E-state index >= 15 is 0 Å². The zero-order valence-electron chi connectivity index (χ0n) is 17.9. The molecule has 1 amide bonds. The van der Waals surface area contributed by atoms with E-state index in [9.17, 15) is 4.79 Å². The number of anilines is 1. The molecule has 0 saturated carbocycles. The molecule has 2 aromatic heterocycles. The number of nitrogens with one attached hydrogen (secondary N) is 2. The number of aromatic nitrogens is 4. The summed E-state index contributed by atoms with van der Waals surface area (Å²) in [6.45, 7) is 2.07. The lowest BCUT2D eigenvalue weighted by Gasteiger charge is -2.17. The number of hydrogen-bond donors (Lipinski definition) is 2. The molecule has 6 nitrogen and oxygen atoms in total. The number of para-hydroxylation sites is 1. The van der Waals surface area contributed by atoms with Crippen molar-refractivity contribution in [1.29, 1.82) is 0 Å². The Balaban J connectivity index is 1.65. The van der Waals surface area contributed by atoms with E-state index < -0.39 is 0 Å². The number of pyridine rings is 1. The lowest BCUT2D eigenvalue weighted by molar-refractivity contribution is -0.113. The maximum absolute atomic E-state index is 12.6. The van der Waals surface area contributed by atoms with Crippen molar-refractivity contribution in [2.45, 2.75) is 11.8 Å². The van der Waals surface area contributed by atoms with Crippen LogP contribution in [0.2, 0.25) is 0 Å². The molecule has 0 aliphatic heterocycles. The van der Waals surface area contributed by atoms with Crippen LogP contribution in [-0.4, -0.2) is 31.8 Å². The zero-order valence-corrected chi connectivity index (χ0v) is 18.8. The zero-order chi connectivity index (χ0) is 22.6. The second-order valence-electron chi connectivity index (χ2n) is 7.58. The summed E-state index contributed by atoms with van der Waals surface area (Å²) in [7, 11) is 0. The van der Waals surface area contributed by atoms with E-state index in [1.165, 1.54) is 23.7 Å². The average molecular weight is 452 g/mol. The number of nitrogens with zero attached hydrogens (tertiary/aromatic N) is 3. The number of fused-ring (bicyclic) bond motifs is 1. The van der Waals surface area contributed by atoms with E-state index in [0.717, 1.165) is 38.2 Å². The van der Waals surface area contributed by atoms with Crippen molar-refractivity contribution in [3.8, 4) is 22.4 Å². The van der Waals surface area contributed by atoms with E-state index in [4.69, 9.17) is 4.98 Å². The molecule has 0 atom stereocenters. The minimum atomic E-state index is -0.168. The lowest BCUT2D eigenvalue weighted by atomic mass is 9.98. The summed E-state index contributed by atoms with van der Waals surface area (Å²) < 4.78 is 0. The van der Waals surface area contributed by atoms with Gasteiger partial charge in [0, 0.05) is 21.4 Å². The van der Waals surface area contributed by atoms with Crippen molar-refractivity contribution in [1.82, 2.24) is 20.2 Å². The maximum Gasteiger partial charge on any atom is 0.237 e. The standard InChI is InChI=1S/C26H21N5OS/c1-17-11-13-19(14-12-17)24-25(33-15-22(32)30-26-27-16-28-31-26)23(18-7-3-2-4-8-18)20-9-5-6-10-21(20)29-24/h2-14,16H,15H2,1H3,(H2,27,28,30,31,32). The molecular weight excluding hydrogens is 430 g/mol. The molecule has 0 aliphatic carbocycles. The molecule has 0 saturated heterocycles. The van der Waals surface area contributed by atoms with Gasteiger partial charge in [-0.05, 0) is 18.6 Å². The van der Waals surface area contributed by atoms with Crippen LogP contribution in [0, 0.1) is 6.92 Å². The van der Waals surface area contributed by atoms with E-state index in [0.29, 0.717) is 5.95 Å². The second kappa shape index (κ2) is 9.26. The first-order valence-electron chi connectivity index (χ1n) is 10.5. The van der Waals surface area contributed by atoms with Crippen LogP contribution in [0.25, 0.3) is 33.3 Å². The van der Waals surface area contributed by atoms with Crippen LogP contribution in [0.1, 0.15) is 5.56 Å². The lowest BCUT2D eigenvalue weighted by Crippen LogP contribution is -2.15. The first-order chi connectivity index (χ1) is 16.2. The third-order valence-corrected chi connectivity index (χ3v) is 6.35. The molecule has 5 rings (SSSR count). The molecule has 0 spiro atoms. The fourth-order valence-corrected chi connectivity index (χ4v) is 4.73. The van der Waals surface area contributed by atoms with Gasteiger partial charge in [-0.3, -0.25) is 10.1 Å². The van der Waals surface area contributed by atoms with Crippen LogP contribution < -0.4 is 5.32 Å². The Morgan fingerprint density at radius 1 is 0.939 bits per heavy atom. The number of H-pyrrole nitrogens is 1. The van der Waals surface area contributed by atoms with Gasteiger partial charge in [0.25, 0.3) is 0 Å². The number of rotatable bonds is 6. The highest BCUT2D eigenvalue weighted by atomic mass is 32.2. The molecule has 162 valence electrons. The number of thioether (sulfide) groups is 1. The highest BCUT2D eigenvalue weighted by Gasteiger charge is 2.19. The van der Waals surface area contributed by atoms with E-state index in [1.807, 2.05) is 36.4 Å². The summed E-state index contributed by atoms with van der Waals surface area (Å²) in [6, 6.07) is 26.7. The smallest absolute Gasteiger partial charge is 0.237 e. The van der Waals surface area contributed by atoms with Gasteiger partial charge in [0.2, 0.25) is 11.9 Å². The molecule has 7 heteroatoms. The van der Waals surface area contributed by atoms with Crippen LogP contribution >= 0.6 is 11.8 Å². The maximum atomic E-state index is 12.6. The fourth-order valence-electron chi connectivity index (χ4n) is 3.71. The average Bonchev–Trinajstić information content (AvgIpc) is 3.36. The van der Waals surface area contributed by atoms with Crippen LogP contribution in [0.15, 0.2) is 90.1 Å². The summed E-state index contributed by atoms with van der Waals surface area (Å²) in [4.78, 5) is 22.6. The quantitative estimate of drug-likeness (QED) is 0.322. The molecule has 0 unspecified atom stereocenters. The molecular formula is C26H21N5OS. The molecule has 0 radical (unpaired) electrons. The van der Waals surface area contributed by atoms with Crippen molar-refractivity contribution in [2.75, 3.05) is 11.1 Å². The van der Waals surface area contributed by atoms with Crippen molar-refractivity contribution in [3.63, 3.8) is 0 Å². The van der Waals surface area contributed by atoms with Crippen LogP contribution in [0.5, 0.6) is 0 Å². The Bertz CT molecular complexity index is 1400. The van der Waals surface area contributed by atoms with E-state index in [-0.39, 0.29) is 11.7 Å². The normalized spacial score (nSPS) is 10.9. The highest BCUT2D eigenvalue weighted by Crippen LogP contribution is 2.42. The number of amides is 1. The third kappa shape index (κ3) is 4.49. The topological polar surface area (TPSA) is 83.6 Å². The highest BCUT2D eigenvalue weighted by molar-refractivity contribution is 8.00.